The molecule has 0 saturated heterocycles. The second kappa shape index (κ2) is 7.72. The van der Waals surface area contributed by atoms with E-state index in [-0.39, 0.29) is 29.6 Å². The number of carbonyl (C=O) groups excluding carboxylic acids is 2. The number of rotatable bonds is 5. The van der Waals surface area contributed by atoms with Crippen molar-refractivity contribution in [2.75, 3.05) is 7.11 Å². The first-order valence-corrected chi connectivity index (χ1v) is 9.02. The third-order valence-electron chi connectivity index (χ3n) is 4.69. The van der Waals surface area contributed by atoms with Crippen molar-refractivity contribution in [1.82, 2.24) is 0 Å². The maximum absolute atomic E-state index is 13.3. The molecule has 0 aliphatic heterocycles. The molecule has 3 aromatic carbocycles. The van der Waals surface area contributed by atoms with Crippen LogP contribution in [0, 0.1) is 5.82 Å². The van der Waals surface area contributed by atoms with E-state index < -0.39 is 0 Å². The molecule has 0 spiro atoms. The standard InChI is InChI=1S/C24H17FO4/c1-28-22-13-15(9-10-21(22)29-14-16-5-4-6-17(25)11-16)12-20-23(26)18-7-2-3-8-19(18)24(20)27/h2-13H,14H2,1H3. The van der Waals surface area contributed by atoms with Crippen molar-refractivity contribution in [1.29, 1.82) is 0 Å². The number of ether oxygens (including phenoxy) is 2. The van der Waals surface area contributed by atoms with Gasteiger partial charge in [-0.05, 0) is 41.5 Å². The number of halogens is 1. The zero-order chi connectivity index (χ0) is 20.4. The average molecular weight is 388 g/mol. The molecule has 3 aromatic rings. The van der Waals surface area contributed by atoms with Gasteiger partial charge in [-0.2, -0.15) is 0 Å². The summed E-state index contributed by atoms with van der Waals surface area (Å²) >= 11 is 0. The summed E-state index contributed by atoms with van der Waals surface area (Å²) in [6, 6.07) is 18.1. The van der Waals surface area contributed by atoms with Gasteiger partial charge in [0.05, 0.1) is 12.7 Å². The molecule has 0 bridgehead atoms. The second-order valence-electron chi connectivity index (χ2n) is 6.59. The zero-order valence-corrected chi connectivity index (χ0v) is 15.6. The summed E-state index contributed by atoms with van der Waals surface area (Å²) in [6.07, 6.45) is 1.56. The molecule has 5 heteroatoms. The van der Waals surface area contributed by atoms with E-state index in [1.165, 1.54) is 19.2 Å². The summed E-state index contributed by atoms with van der Waals surface area (Å²) in [4.78, 5) is 25.1. The van der Waals surface area contributed by atoms with E-state index in [9.17, 15) is 14.0 Å². The first-order valence-electron chi connectivity index (χ1n) is 9.02. The lowest BCUT2D eigenvalue weighted by molar-refractivity contribution is 0.0990. The van der Waals surface area contributed by atoms with E-state index in [1.807, 2.05) is 0 Å². The lowest BCUT2D eigenvalue weighted by atomic mass is 10.1. The predicted octanol–water partition coefficient (Wildman–Crippen LogP) is 4.88. The number of benzene rings is 3. The fraction of sp³-hybridized carbons (Fsp3) is 0.0833. The number of hydrogen-bond acceptors (Lipinski definition) is 4. The van der Waals surface area contributed by atoms with E-state index in [0.29, 0.717) is 33.8 Å². The smallest absolute Gasteiger partial charge is 0.197 e. The summed E-state index contributed by atoms with van der Waals surface area (Å²) < 4.78 is 24.4. The third kappa shape index (κ3) is 3.67. The molecule has 4 nitrogen and oxygen atoms in total. The molecule has 0 N–H and O–H groups in total. The fourth-order valence-electron chi connectivity index (χ4n) is 3.25. The Labute approximate surface area is 167 Å². The number of methoxy groups -OCH3 is 1. The van der Waals surface area contributed by atoms with Gasteiger partial charge < -0.3 is 9.47 Å². The Balaban J connectivity index is 1.58. The summed E-state index contributed by atoms with van der Waals surface area (Å²) in [5, 5.41) is 0. The Kier molecular flexibility index (Phi) is 4.96. The molecule has 0 unspecified atom stereocenters. The molecule has 0 aromatic heterocycles. The van der Waals surface area contributed by atoms with Gasteiger partial charge in [0.15, 0.2) is 23.1 Å². The highest BCUT2D eigenvalue weighted by atomic mass is 19.1. The van der Waals surface area contributed by atoms with Gasteiger partial charge in [-0.1, -0.05) is 42.5 Å². The maximum atomic E-state index is 13.3. The number of carbonyl (C=O) groups is 2. The topological polar surface area (TPSA) is 52.6 Å². The van der Waals surface area contributed by atoms with Gasteiger partial charge >= 0.3 is 0 Å². The molecule has 0 fully saturated rings. The average Bonchev–Trinajstić information content (AvgIpc) is 2.98. The van der Waals surface area contributed by atoms with Crippen LogP contribution in [0.3, 0.4) is 0 Å². The quantitative estimate of drug-likeness (QED) is 0.462. The van der Waals surface area contributed by atoms with Crippen molar-refractivity contribution in [3.05, 3.63) is 100 Å². The van der Waals surface area contributed by atoms with Gasteiger partial charge in [0, 0.05) is 11.1 Å². The number of fused-ring (bicyclic) bond motifs is 1. The van der Waals surface area contributed by atoms with Crippen LogP contribution in [0.5, 0.6) is 11.5 Å². The molecule has 1 aliphatic rings. The highest BCUT2D eigenvalue weighted by molar-refractivity contribution is 6.41. The molecule has 29 heavy (non-hydrogen) atoms. The SMILES string of the molecule is COc1cc(C=C2C(=O)c3ccccc3C2=O)ccc1OCc1cccc(F)c1. The molecular weight excluding hydrogens is 371 g/mol. The number of allylic oxidation sites excluding steroid dienone is 1. The van der Waals surface area contributed by atoms with Crippen LogP contribution in [0.15, 0.2) is 72.3 Å². The molecular formula is C24H17FO4. The summed E-state index contributed by atoms with van der Waals surface area (Å²) in [5.74, 6) is 0.0383. The highest BCUT2D eigenvalue weighted by Crippen LogP contribution is 2.32. The minimum absolute atomic E-state index is 0.127. The van der Waals surface area contributed by atoms with Gasteiger partial charge in [0.25, 0.3) is 0 Å². The van der Waals surface area contributed by atoms with Crippen LogP contribution < -0.4 is 9.47 Å². The van der Waals surface area contributed by atoms with Crippen molar-refractivity contribution in [3.8, 4) is 11.5 Å². The van der Waals surface area contributed by atoms with Crippen LogP contribution in [-0.2, 0) is 6.61 Å². The molecule has 1 aliphatic carbocycles. The molecule has 0 amide bonds. The first kappa shape index (κ1) is 18.6. The van der Waals surface area contributed by atoms with Crippen molar-refractivity contribution in [2.45, 2.75) is 6.61 Å². The minimum atomic E-state index is -0.327. The molecule has 0 saturated carbocycles. The zero-order valence-electron chi connectivity index (χ0n) is 15.6. The van der Waals surface area contributed by atoms with Crippen LogP contribution in [0.4, 0.5) is 4.39 Å². The Morgan fingerprint density at radius 1 is 0.862 bits per heavy atom. The Morgan fingerprint density at radius 3 is 2.24 bits per heavy atom. The third-order valence-corrected chi connectivity index (χ3v) is 4.69. The number of ketones is 2. The van der Waals surface area contributed by atoms with Crippen molar-refractivity contribution in [3.63, 3.8) is 0 Å². The lowest BCUT2D eigenvalue weighted by Gasteiger charge is -2.11. The Bertz CT molecular complexity index is 1110. The fourth-order valence-corrected chi connectivity index (χ4v) is 3.25. The van der Waals surface area contributed by atoms with Crippen molar-refractivity contribution in [2.24, 2.45) is 0 Å². The Morgan fingerprint density at radius 2 is 1.59 bits per heavy atom. The van der Waals surface area contributed by atoms with Gasteiger partial charge in [-0.3, -0.25) is 9.59 Å². The normalized spacial score (nSPS) is 12.7. The van der Waals surface area contributed by atoms with Crippen molar-refractivity contribution < 1.29 is 23.5 Å². The van der Waals surface area contributed by atoms with Gasteiger partial charge in [0.1, 0.15) is 12.4 Å². The van der Waals surface area contributed by atoms with Crippen LogP contribution in [-0.4, -0.2) is 18.7 Å². The molecule has 144 valence electrons. The summed E-state index contributed by atoms with van der Waals surface area (Å²) in [5.41, 5.74) is 2.31. The monoisotopic (exact) mass is 388 g/mol. The summed E-state index contributed by atoms with van der Waals surface area (Å²) in [6.45, 7) is 0.181. The number of hydrogen-bond donors (Lipinski definition) is 0. The maximum Gasteiger partial charge on any atom is 0.197 e. The van der Waals surface area contributed by atoms with E-state index >= 15 is 0 Å². The van der Waals surface area contributed by atoms with E-state index in [4.69, 9.17) is 9.47 Å². The van der Waals surface area contributed by atoms with Gasteiger partial charge in [-0.25, -0.2) is 4.39 Å². The molecule has 4 rings (SSSR count). The van der Waals surface area contributed by atoms with Crippen LogP contribution >= 0.6 is 0 Å². The Hall–Kier alpha value is -3.73. The minimum Gasteiger partial charge on any atom is -0.493 e. The predicted molar refractivity (Wildman–Crippen MR) is 107 cm³/mol. The molecule has 0 radical (unpaired) electrons. The van der Waals surface area contributed by atoms with Crippen LogP contribution in [0.1, 0.15) is 31.8 Å². The number of Topliss-reactive ketones (excluding diaryl/α,β-unsaturated/α-hetero) is 2. The van der Waals surface area contributed by atoms with E-state index in [0.717, 1.165) is 0 Å². The van der Waals surface area contributed by atoms with Crippen LogP contribution in [0.25, 0.3) is 6.08 Å². The summed E-state index contributed by atoms with van der Waals surface area (Å²) in [7, 11) is 1.50. The van der Waals surface area contributed by atoms with E-state index in [2.05, 4.69) is 0 Å². The van der Waals surface area contributed by atoms with Crippen molar-refractivity contribution >= 4 is 17.6 Å². The first-order chi connectivity index (χ1) is 14.1. The largest absolute Gasteiger partial charge is 0.493 e. The second-order valence-corrected chi connectivity index (χ2v) is 6.59. The lowest BCUT2D eigenvalue weighted by Crippen LogP contribution is -2.01. The van der Waals surface area contributed by atoms with E-state index in [1.54, 1.807) is 60.7 Å². The highest BCUT2D eigenvalue weighted by Gasteiger charge is 2.32. The van der Waals surface area contributed by atoms with Gasteiger partial charge in [0.2, 0.25) is 0 Å². The van der Waals surface area contributed by atoms with Crippen LogP contribution in [0.2, 0.25) is 0 Å². The molecule has 0 atom stereocenters. The van der Waals surface area contributed by atoms with Gasteiger partial charge in [-0.15, -0.1) is 0 Å². The molecule has 0 heterocycles.